The zero-order valence-electron chi connectivity index (χ0n) is 9.73. The highest BCUT2D eigenvalue weighted by Crippen LogP contribution is 2.24. The van der Waals surface area contributed by atoms with Crippen LogP contribution >= 0.6 is 0 Å². The van der Waals surface area contributed by atoms with Gasteiger partial charge >= 0.3 is 0 Å². The molecule has 0 amide bonds. The van der Waals surface area contributed by atoms with Crippen LogP contribution in [-0.2, 0) is 4.74 Å². The summed E-state index contributed by atoms with van der Waals surface area (Å²) in [6.07, 6.45) is 3.44. The number of benzene rings is 1. The number of rotatable bonds is 3. The predicted molar refractivity (Wildman–Crippen MR) is 65.0 cm³/mol. The Kier molecular flexibility index (Phi) is 2.82. The Labute approximate surface area is 104 Å². The third-order valence-corrected chi connectivity index (χ3v) is 2.78. The Balaban J connectivity index is 1.85. The highest BCUT2D eigenvalue weighted by atomic mass is 16.5. The first-order valence-electron chi connectivity index (χ1n) is 5.83. The van der Waals surface area contributed by atoms with Crippen LogP contribution in [0.4, 0.5) is 0 Å². The molecule has 2 heterocycles. The lowest BCUT2D eigenvalue weighted by molar-refractivity contribution is 0.116. The van der Waals surface area contributed by atoms with Crippen LogP contribution in [-0.4, -0.2) is 26.7 Å². The van der Waals surface area contributed by atoms with Gasteiger partial charge in [-0.2, -0.15) is 15.0 Å². The van der Waals surface area contributed by atoms with Crippen molar-refractivity contribution >= 4 is 0 Å². The molecule has 1 aliphatic heterocycles. The van der Waals surface area contributed by atoms with E-state index in [0.29, 0.717) is 18.1 Å². The van der Waals surface area contributed by atoms with Gasteiger partial charge in [-0.15, -0.1) is 0 Å². The van der Waals surface area contributed by atoms with Crippen LogP contribution in [0.15, 0.2) is 48.4 Å². The number of aliphatic hydroxyl groups excluding tert-OH is 1. The Morgan fingerprint density at radius 2 is 2.11 bits per heavy atom. The third kappa shape index (κ3) is 2.00. The summed E-state index contributed by atoms with van der Waals surface area (Å²) < 4.78 is 5.32. The monoisotopic (exact) mass is 243 g/mol. The van der Waals surface area contributed by atoms with E-state index in [0.717, 1.165) is 12.1 Å². The first-order valence-corrected chi connectivity index (χ1v) is 5.83. The van der Waals surface area contributed by atoms with Crippen molar-refractivity contribution < 1.29 is 9.84 Å². The maximum Gasteiger partial charge on any atom is 0.156 e. The molecule has 2 aromatic rings. The molecule has 0 spiro atoms. The first kappa shape index (κ1) is 11.0. The number of aliphatic hydroxyl groups is 1. The number of ether oxygens (including phenoxy) is 1. The van der Waals surface area contributed by atoms with Crippen molar-refractivity contribution in [2.45, 2.75) is 12.5 Å². The normalized spacial score (nSPS) is 16.2. The molecular weight excluding hydrogens is 230 g/mol. The van der Waals surface area contributed by atoms with Gasteiger partial charge in [-0.25, -0.2) is 0 Å². The fourth-order valence-corrected chi connectivity index (χ4v) is 1.86. The molecule has 0 bridgehead atoms. The average Bonchev–Trinajstić information content (AvgIpc) is 3.10. The summed E-state index contributed by atoms with van der Waals surface area (Å²) in [4.78, 5) is 1.49. The van der Waals surface area contributed by atoms with Gasteiger partial charge in [0.05, 0.1) is 18.5 Å². The van der Waals surface area contributed by atoms with E-state index in [-0.39, 0.29) is 0 Å². The van der Waals surface area contributed by atoms with E-state index < -0.39 is 6.10 Å². The van der Waals surface area contributed by atoms with Gasteiger partial charge in [0.15, 0.2) is 6.10 Å². The van der Waals surface area contributed by atoms with Crippen molar-refractivity contribution in [2.75, 3.05) is 6.61 Å². The van der Waals surface area contributed by atoms with E-state index in [2.05, 4.69) is 10.2 Å². The smallest absolute Gasteiger partial charge is 0.156 e. The molecule has 0 aliphatic carbocycles. The third-order valence-electron chi connectivity index (χ3n) is 2.78. The molecule has 0 radical (unpaired) electrons. The second kappa shape index (κ2) is 4.62. The van der Waals surface area contributed by atoms with E-state index in [1.807, 2.05) is 36.4 Å². The highest BCUT2D eigenvalue weighted by molar-refractivity contribution is 5.29. The summed E-state index contributed by atoms with van der Waals surface area (Å²) in [6, 6.07) is 9.57. The van der Waals surface area contributed by atoms with E-state index in [9.17, 15) is 5.11 Å². The standard InChI is InChI=1S/C13H13N3O2/c17-13(12-7-4-8-18-12)11-9-14-16(15-11)10-5-2-1-3-6-10/h1-3,5-7,9,13,17H,4,8H2. The number of hydrogen-bond acceptors (Lipinski definition) is 4. The van der Waals surface area contributed by atoms with Gasteiger partial charge in [0.1, 0.15) is 11.5 Å². The van der Waals surface area contributed by atoms with Crippen LogP contribution in [0, 0.1) is 0 Å². The van der Waals surface area contributed by atoms with Crippen molar-refractivity contribution in [3.8, 4) is 5.69 Å². The Hall–Kier alpha value is -2.14. The average molecular weight is 243 g/mol. The molecule has 1 aromatic heterocycles. The minimum Gasteiger partial charge on any atom is -0.495 e. The summed E-state index contributed by atoms with van der Waals surface area (Å²) >= 11 is 0. The largest absolute Gasteiger partial charge is 0.495 e. The van der Waals surface area contributed by atoms with Crippen molar-refractivity contribution in [2.24, 2.45) is 0 Å². The van der Waals surface area contributed by atoms with Gasteiger partial charge < -0.3 is 9.84 Å². The molecule has 1 N–H and O–H groups in total. The molecule has 3 rings (SSSR count). The molecular formula is C13H13N3O2. The predicted octanol–water partition coefficient (Wildman–Crippen LogP) is 1.60. The van der Waals surface area contributed by atoms with Crippen LogP contribution in [0.3, 0.4) is 0 Å². The fraction of sp³-hybridized carbons (Fsp3) is 0.231. The maximum atomic E-state index is 10.1. The summed E-state index contributed by atoms with van der Waals surface area (Å²) in [5, 5.41) is 18.5. The van der Waals surface area contributed by atoms with E-state index in [4.69, 9.17) is 4.74 Å². The Bertz CT molecular complexity index is 563. The summed E-state index contributed by atoms with van der Waals surface area (Å²) in [5.41, 5.74) is 1.35. The van der Waals surface area contributed by atoms with Gasteiger partial charge in [0.2, 0.25) is 0 Å². The molecule has 0 saturated carbocycles. The molecule has 5 nitrogen and oxygen atoms in total. The molecule has 92 valence electrons. The number of para-hydroxylation sites is 1. The Morgan fingerprint density at radius 3 is 2.83 bits per heavy atom. The van der Waals surface area contributed by atoms with E-state index in [1.165, 1.54) is 4.80 Å². The topological polar surface area (TPSA) is 60.2 Å². The van der Waals surface area contributed by atoms with Crippen LogP contribution in [0.25, 0.3) is 5.69 Å². The molecule has 0 saturated heterocycles. The minimum atomic E-state index is -0.829. The quantitative estimate of drug-likeness (QED) is 0.889. The van der Waals surface area contributed by atoms with E-state index in [1.54, 1.807) is 6.20 Å². The molecule has 1 unspecified atom stereocenters. The van der Waals surface area contributed by atoms with Crippen molar-refractivity contribution in [1.82, 2.24) is 15.0 Å². The fourth-order valence-electron chi connectivity index (χ4n) is 1.86. The number of hydrogen-bond donors (Lipinski definition) is 1. The zero-order valence-corrected chi connectivity index (χ0v) is 9.73. The lowest BCUT2D eigenvalue weighted by Crippen LogP contribution is -2.05. The van der Waals surface area contributed by atoms with Crippen molar-refractivity contribution in [3.63, 3.8) is 0 Å². The summed E-state index contributed by atoms with van der Waals surface area (Å²) in [6.45, 7) is 0.624. The SMILES string of the molecule is OC(C1=CCCO1)c1cnn(-c2ccccc2)n1. The van der Waals surface area contributed by atoms with Crippen molar-refractivity contribution in [3.05, 3.63) is 54.1 Å². The summed E-state index contributed by atoms with van der Waals surface area (Å²) in [5.74, 6) is 0.565. The Morgan fingerprint density at radius 1 is 1.28 bits per heavy atom. The van der Waals surface area contributed by atoms with Gasteiger partial charge in [0.25, 0.3) is 0 Å². The number of aromatic nitrogens is 3. The molecule has 5 heteroatoms. The zero-order chi connectivity index (χ0) is 12.4. The van der Waals surface area contributed by atoms with Crippen LogP contribution in [0.5, 0.6) is 0 Å². The lowest BCUT2D eigenvalue weighted by atomic mass is 10.2. The highest BCUT2D eigenvalue weighted by Gasteiger charge is 2.21. The van der Waals surface area contributed by atoms with Crippen molar-refractivity contribution in [1.29, 1.82) is 0 Å². The lowest BCUT2D eigenvalue weighted by Gasteiger charge is -2.08. The second-order valence-corrected chi connectivity index (χ2v) is 4.04. The molecule has 0 fully saturated rings. The molecule has 1 atom stereocenters. The van der Waals surface area contributed by atoms with E-state index >= 15 is 0 Å². The van der Waals surface area contributed by atoms with Gasteiger partial charge in [-0.3, -0.25) is 0 Å². The van der Waals surface area contributed by atoms with Crippen LogP contribution in [0.1, 0.15) is 18.2 Å². The first-order chi connectivity index (χ1) is 8.84. The minimum absolute atomic E-state index is 0.493. The van der Waals surface area contributed by atoms with Gasteiger partial charge in [-0.05, 0) is 18.2 Å². The van der Waals surface area contributed by atoms with Gasteiger partial charge in [-0.1, -0.05) is 18.2 Å². The molecule has 18 heavy (non-hydrogen) atoms. The molecule has 1 aromatic carbocycles. The second-order valence-electron chi connectivity index (χ2n) is 4.04. The number of nitrogens with zero attached hydrogens (tertiary/aromatic N) is 3. The van der Waals surface area contributed by atoms with Crippen LogP contribution < -0.4 is 0 Å². The maximum absolute atomic E-state index is 10.1. The molecule has 1 aliphatic rings. The van der Waals surface area contributed by atoms with Crippen LogP contribution in [0.2, 0.25) is 0 Å². The summed E-state index contributed by atoms with van der Waals surface area (Å²) in [7, 11) is 0. The van der Waals surface area contributed by atoms with Gasteiger partial charge in [0, 0.05) is 6.42 Å².